The highest BCUT2D eigenvalue weighted by Crippen LogP contribution is 2.28. The Labute approximate surface area is 125 Å². The predicted molar refractivity (Wildman–Crippen MR) is 79.4 cm³/mol. The van der Waals surface area contributed by atoms with Gasteiger partial charge in [-0.05, 0) is 19.8 Å². The Kier molecular flexibility index (Phi) is 5.49. The molecule has 0 radical (unpaired) electrons. The number of hydrogen-bond donors (Lipinski definition) is 2. The zero-order chi connectivity index (χ0) is 15.3. The molecular formula is C13H22N4O3S. The van der Waals surface area contributed by atoms with Gasteiger partial charge in [-0.2, -0.15) is 4.31 Å². The molecule has 1 aromatic rings. The fourth-order valence-corrected chi connectivity index (χ4v) is 4.19. The number of sulfonamides is 1. The van der Waals surface area contributed by atoms with Gasteiger partial charge in [0.2, 0.25) is 16.0 Å². The van der Waals surface area contributed by atoms with Gasteiger partial charge in [0.1, 0.15) is 4.90 Å². The van der Waals surface area contributed by atoms with Crippen molar-refractivity contribution >= 4 is 16.0 Å². The molecule has 21 heavy (non-hydrogen) atoms. The highest BCUT2D eigenvalue weighted by Gasteiger charge is 2.33. The minimum atomic E-state index is -3.66. The van der Waals surface area contributed by atoms with E-state index in [0.29, 0.717) is 12.5 Å². The highest BCUT2D eigenvalue weighted by atomic mass is 32.2. The third-order valence-corrected chi connectivity index (χ3v) is 5.53. The van der Waals surface area contributed by atoms with Gasteiger partial charge in [-0.1, -0.05) is 12.8 Å². The summed E-state index contributed by atoms with van der Waals surface area (Å²) in [5, 5.41) is 12.1. The standard InChI is InChI=1S/C13H22N4O3S/c1-2-14-13-15-9-12(10-16-13)21(19,20)17(7-8-18)11-5-3-4-6-11/h9-11,18H,2-8H2,1H3,(H,14,15,16). The lowest BCUT2D eigenvalue weighted by Crippen LogP contribution is -2.40. The van der Waals surface area contributed by atoms with Crippen molar-refractivity contribution in [1.82, 2.24) is 14.3 Å². The monoisotopic (exact) mass is 314 g/mol. The molecule has 1 aliphatic rings. The molecule has 0 atom stereocenters. The summed E-state index contributed by atoms with van der Waals surface area (Å²) in [5.41, 5.74) is 0. The predicted octanol–water partition coefficient (Wildman–Crippen LogP) is 0.834. The average Bonchev–Trinajstić information content (AvgIpc) is 2.99. The summed E-state index contributed by atoms with van der Waals surface area (Å²) in [6.45, 7) is 2.51. The average molecular weight is 314 g/mol. The Bertz CT molecular complexity index is 541. The molecule has 2 rings (SSSR count). The Hall–Kier alpha value is -1.25. The Morgan fingerprint density at radius 3 is 2.48 bits per heavy atom. The SMILES string of the molecule is CCNc1ncc(S(=O)(=O)N(CCO)C2CCCC2)cn1. The summed E-state index contributed by atoms with van der Waals surface area (Å²) in [4.78, 5) is 8.10. The smallest absolute Gasteiger partial charge is 0.246 e. The Morgan fingerprint density at radius 1 is 1.33 bits per heavy atom. The quantitative estimate of drug-likeness (QED) is 0.774. The number of aromatic nitrogens is 2. The van der Waals surface area contributed by atoms with Crippen molar-refractivity contribution in [3.8, 4) is 0 Å². The van der Waals surface area contributed by atoms with Gasteiger partial charge in [0.25, 0.3) is 0 Å². The number of nitrogens with one attached hydrogen (secondary N) is 1. The maximum absolute atomic E-state index is 12.7. The van der Waals surface area contributed by atoms with E-state index in [1.807, 2.05) is 6.92 Å². The third-order valence-electron chi connectivity index (χ3n) is 3.62. The third kappa shape index (κ3) is 3.69. The van der Waals surface area contributed by atoms with Crippen molar-refractivity contribution in [3.05, 3.63) is 12.4 Å². The number of nitrogens with zero attached hydrogens (tertiary/aromatic N) is 3. The summed E-state index contributed by atoms with van der Waals surface area (Å²) in [6.07, 6.45) is 6.38. The molecule has 1 heterocycles. The van der Waals surface area contributed by atoms with Gasteiger partial charge in [-0.3, -0.25) is 0 Å². The zero-order valence-corrected chi connectivity index (χ0v) is 13.0. The normalized spacial score (nSPS) is 16.5. The molecule has 0 aliphatic heterocycles. The lowest BCUT2D eigenvalue weighted by molar-refractivity contribution is 0.226. The molecule has 0 spiro atoms. The van der Waals surface area contributed by atoms with Gasteiger partial charge < -0.3 is 10.4 Å². The van der Waals surface area contributed by atoms with E-state index in [-0.39, 0.29) is 24.1 Å². The van der Waals surface area contributed by atoms with Crippen LogP contribution in [-0.4, -0.2) is 53.5 Å². The van der Waals surface area contributed by atoms with Gasteiger partial charge in [0.15, 0.2) is 0 Å². The molecule has 0 amide bonds. The second-order valence-electron chi connectivity index (χ2n) is 5.05. The van der Waals surface area contributed by atoms with E-state index in [4.69, 9.17) is 0 Å². The minimum Gasteiger partial charge on any atom is -0.395 e. The van der Waals surface area contributed by atoms with Crippen molar-refractivity contribution in [3.63, 3.8) is 0 Å². The second kappa shape index (κ2) is 7.15. The van der Waals surface area contributed by atoms with Crippen LogP contribution in [0.4, 0.5) is 5.95 Å². The van der Waals surface area contributed by atoms with Crippen LogP contribution in [0.2, 0.25) is 0 Å². The molecular weight excluding hydrogens is 292 g/mol. The lowest BCUT2D eigenvalue weighted by Gasteiger charge is -2.27. The zero-order valence-electron chi connectivity index (χ0n) is 12.2. The van der Waals surface area contributed by atoms with Crippen molar-refractivity contribution in [2.45, 2.75) is 43.5 Å². The maximum atomic E-state index is 12.7. The van der Waals surface area contributed by atoms with Crippen molar-refractivity contribution in [2.24, 2.45) is 0 Å². The first-order valence-corrected chi connectivity index (χ1v) is 8.72. The Balaban J connectivity index is 2.24. The molecule has 0 saturated heterocycles. The fraction of sp³-hybridized carbons (Fsp3) is 0.692. The van der Waals surface area contributed by atoms with Gasteiger partial charge in [-0.15, -0.1) is 0 Å². The lowest BCUT2D eigenvalue weighted by atomic mass is 10.2. The van der Waals surface area contributed by atoms with E-state index >= 15 is 0 Å². The van der Waals surface area contributed by atoms with Crippen molar-refractivity contribution in [2.75, 3.05) is 25.0 Å². The topological polar surface area (TPSA) is 95.4 Å². The summed E-state index contributed by atoms with van der Waals surface area (Å²) in [6, 6.07) is -0.0319. The molecule has 0 bridgehead atoms. The Morgan fingerprint density at radius 2 is 1.95 bits per heavy atom. The van der Waals surface area contributed by atoms with Crippen LogP contribution in [0.5, 0.6) is 0 Å². The molecule has 0 aromatic carbocycles. The number of anilines is 1. The first-order valence-electron chi connectivity index (χ1n) is 7.28. The first-order chi connectivity index (χ1) is 10.1. The first kappa shape index (κ1) is 16.1. The highest BCUT2D eigenvalue weighted by molar-refractivity contribution is 7.89. The molecule has 2 N–H and O–H groups in total. The van der Waals surface area contributed by atoms with Crippen LogP contribution in [0, 0.1) is 0 Å². The van der Waals surface area contributed by atoms with Crippen LogP contribution in [0.1, 0.15) is 32.6 Å². The van der Waals surface area contributed by atoms with E-state index < -0.39 is 10.0 Å². The molecule has 7 nitrogen and oxygen atoms in total. The summed E-state index contributed by atoms with van der Waals surface area (Å²) >= 11 is 0. The van der Waals surface area contributed by atoms with Crippen molar-refractivity contribution in [1.29, 1.82) is 0 Å². The second-order valence-corrected chi connectivity index (χ2v) is 6.94. The molecule has 1 aromatic heterocycles. The summed E-state index contributed by atoms with van der Waals surface area (Å²) in [5.74, 6) is 0.408. The minimum absolute atomic E-state index is 0.0319. The molecule has 8 heteroatoms. The number of hydrogen-bond acceptors (Lipinski definition) is 6. The number of aliphatic hydroxyl groups is 1. The van der Waals surface area contributed by atoms with Gasteiger partial charge in [-0.25, -0.2) is 18.4 Å². The van der Waals surface area contributed by atoms with Crippen LogP contribution in [-0.2, 0) is 10.0 Å². The molecule has 1 saturated carbocycles. The number of rotatable bonds is 7. The van der Waals surface area contributed by atoms with E-state index in [1.54, 1.807) is 0 Å². The van der Waals surface area contributed by atoms with Gasteiger partial charge >= 0.3 is 0 Å². The number of aliphatic hydroxyl groups excluding tert-OH is 1. The van der Waals surface area contributed by atoms with Gasteiger partial charge in [0.05, 0.1) is 19.0 Å². The van der Waals surface area contributed by atoms with E-state index in [0.717, 1.165) is 25.7 Å². The van der Waals surface area contributed by atoms with Crippen LogP contribution in [0.3, 0.4) is 0 Å². The van der Waals surface area contributed by atoms with Crippen LogP contribution < -0.4 is 5.32 Å². The molecule has 1 aliphatic carbocycles. The van der Waals surface area contributed by atoms with E-state index in [2.05, 4.69) is 15.3 Å². The largest absolute Gasteiger partial charge is 0.395 e. The van der Waals surface area contributed by atoms with E-state index in [1.165, 1.54) is 16.7 Å². The van der Waals surface area contributed by atoms with Gasteiger partial charge in [0, 0.05) is 19.1 Å². The molecule has 0 unspecified atom stereocenters. The van der Waals surface area contributed by atoms with Crippen LogP contribution >= 0.6 is 0 Å². The summed E-state index contributed by atoms with van der Waals surface area (Å²) in [7, 11) is -3.66. The van der Waals surface area contributed by atoms with Crippen LogP contribution in [0.25, 0.3) is 0 Å². The molecule has 118 valence electrons. The summed E-state index contributed by atoms with van der Waals surface area (Å²) < 4.78 is 26.8. The van der Waals surface area contributed by atoms with Crippen molar-refractivity contribution < 1.29 is 13.5 Å². The maximum Gasteiger partial charge on any atom is 0.246 e. The molecule has 1 fully saturated rings. The van der Waals surface area contributed by atoms with E-state index in [9.17, 15) is 13.5 Å². The fourth-order valence-electron chi connectivity index (χ4n) is 2.62. The van der Waals surface area contributed by atoms with Crippen LogP contribution in [0.15, 0.2) is 17.3 Å².